The van der Waals surface area contributed by atoms with Gasteiger partial charge in [-0.1, -0.05) is 18.2 Å². The number of aromatic nitrogens is 1. The molecule has 0 bridgehead atoms. The summed E-state index contributed by atoms with van der Waals surface area (Å²) < 4.78 is 12.6. The van der Waals surface area contributed by atoms with Crippen LogP contribution >= 0.6 is 0 Å². The molecule has 3 rings (SSSR count). The van der Waals surface area contributed by atoms with E-state index in [4.69, 9.17) is 9.47 Å². The minimum Gasteiger partial charge on any atom is -0.485 e. The van der Waals surface area contributed by atoms with Gasteiger partial charge in [0.1, 0.15) is 5.75 Å². The summed E-state index contributed by atoms with van der Waals surface area (Å²) in [5, 5.41) is 0.931. The van der Waals surface area contributed by atoms with Crippen LogP contribution in [0.1, 0.15) is 34.6 Å². The Balaban J connectivity index is 1.70. The Kier molecular flexibility index (Phi) is 5.37. The summed E-state index contributed by atoms with van der Waals surface area (Å²) in [5.74, 6) is 0.0796. The quantitative estimate of drug-likeness (QED) is 0.475. The zero-order chi connectivity index (χ0) is 18.5. The van der Waals surface area contributed by atoms with E-state index < -0.39 is 0 Å². The van der Waals surface area contributed by atoms with Crippen LogP contribution in [0.5, 0.6) is 5.75 Å². The van der Waals surface area contributed by atoms with Crippen molar-refractivity contribution in [2.75, 3.05) is 13.2 Å². The van der Waals surface area contributed by atoms with Gasteiger partial charge in [-0.2, -0.15) is 0 Å². The number of hydrogen-bond donors (Lipinski definition) is 0. The van der Waals surface area contributed by atoms with Crippen LogP contribution < -0.4 is 4.74 Å². The minimum atomic E-state index is -0.373. The summed E-state index contributed by atoms with van der Waals surface area (Å²) in [6, 6.07) is 14.4. The van der Waals surface area contributed by atoms with Crippen LogP contribution in [0.25, 0.3) is 10.9 Å². The number of para-hydroxylation sites is 1. The molecular formula is C21H21NO4. The van der Waals surface area contributed by atoms with Crippen LogP contribution in [-0.4, -0.2) is 29.5 Å². The van der Waals surface area contributed by atoms with Crippen LogP contribution in [0, 0.1) is 0 Å². The van der Waals surface area contributed by atoms with E-state index >= 15 is 0 Å². The molecule has 0 aliphatic rings. The summed E-state index contributed by atoms with van der Waals surface area (Å²) in [4.78, 5) is 24.3. The molecule has 0 N–H and O–H groups in total. The first-order chi connectivity index (χ1) is 12.6. The molecule has 5 nitrogen and oxygen atoms in total. The lowest BCUT2D eigenvalue weighted by Gasteiger charge is -2.06. The second kappa shape index (κ2) is 7.87. The standard InChI is InChI=1S/C21H21NO4/c1-3-22-13-18(17-7-5-6-8-19(17)22)20(23)14-26-16-11-9-15(10-12-16)21(24)25-4-2/h5-13H,3-4,14H2,1-2H3. The molecule has 0 radical (unpaired) electrons. The third-order valence-electron chi connectivity index (χ3n) is 4.17. The second-order valence-corrected chi connectivity index (χ2v) is 5.80. The van der Waals surface area contributed by atoms with Gasteiger partial charge in [-0.05, 0) is 44.2 Å². The SMILES string of the molecule is CCOC(=O)c1ccc(OCC(=O)c2cn(CC)c3ccccc23)cc1. The Morgan fingerprint density at radius 1 is 1.00 bits per heavy atom. The summed E-state index contributed by atoms with van der Waals surface area (Å²) in [7, 11) is 0. The number of benzene rings is 2. The van der Waals surface area contributed by atoms with Gasteiger partial charge >= 0.3 is 5.97 Å². The Labute approximate surface area is 152 Å². The molecule has 1 aromatic heterocycles. The third kappa shape index (κ3) is 3.61. The number of rotatable bonds is 7. The highest BCUT2D eigenvalue weighted by Gasteiger charge is 2.15. The molecule has 1 heterocycles. The summed E-state index contributed by atoms with van der Waals surface area (Å²) in [6.45, 7) is 4.87. The highest BCUT2D eigenvalue weighted by atomic mass is 16.5. The maximum absolute atomic E-state index is 12.6. The zero-order valence-corrected chi connectivity index (χ0v) is 14.9. The zero-order valence-electron chi connectivity index (χ0n) is 14.9. The Morgan fingerprint density at radius 3 is 2.42 bits per heavy atom. The van der Waals surface area contributed by atoms with Gasteiger partial charge in [-0.15, -0.1) is 0 Å². The number of carbonyl (C=O) groups excluding carboxylic acids is 2. The summed E-state index contributed by atoms with van der Waals surface area (Å²) >= 11 is 0. The van der Waals surface area contributed by atoms with E-state index in [0.29, 0.717) is 23.5 Å². The predicted octanol–water partition coefficient (Wildman–Crippen LogP) is 4.10. The fourth-order valence-electron chi connectivity index (χ4n) is 2.86. The molecule has 0 saturated carbocycles. The normalized spacial score (nSPS) is 10.7. The fraction of sp³-hybridized carbons (Fsp3) is 0.238. The number of aryl methyl sites for hydroxylation is 1. The first kappa shape index (κ1) is 17.7. The number of esters is 1. The molecule has 5 heteroatoms. The highest BCUT2D eigenvalue weighted by molar-refractivity contribution is 6.08. The molecule has 0 unspecified atom stereocenters. The third-order valence-corrected chi connectivity index (χ3v) is 4.17. The average molecular weight is 351 g/mol. The van der Waals surface area contributed by atoms with Crippen molar-refractivity contribution in [1.82, 2.24) is 4.57 Å². The molecule has 0 aliphatic carbocycles. The molecule has 0 spiro atoms. The Bertz CT molecular complexity index is 925. The van der Waals surface area contributed by atoms with Crippen molar-refractivity contribution >= 4 is 22.7 Å². The number of Topliss-reactive ketones (excluding diaryl/α,β-unsaturated/α-hetero) is 1. The summed E-state index contributed by atoms with van der Waals surface area (Å²) in [6.07, 6.45) is 1.88. The molecule has 134 valence electrons. The van der Waals surface area contributed by atoms with Crippen molar-refractivity contribution in [3.8, 4) is 5.75 Å². The molecule has 0 fully saturated rings. The maximum Gasteiger partial charge on any atom is 0.338 e. The van der Waals surface area contributed by atoms with Crippen molar-refractivity contribution in [2.45, 2.75) is 20.4 Å². The van der Waals surface area contributed by atoms with Crippen LogP contribution in [0.2, 0.25) is 0 Å². The highest BCUT2D eigenvalue weighted by Crippen LogP contribution is 2.22. The molecule has 0 saturated heterocycles. The molecule has 3 aromatic rings. The van der Waals surface area contributed by atoms with Crippen molar-refractivity contribution in [2.24, 2.45) is 0 Å². The van der Waals surface area contributed by atoms with Gasteiger partial charge in [-0.25, -0.2) is 4.79 Å². The number of carbonyl (C=O) groups is 2. The van der Waals surface area contributed by atoms with Crippen molar-refractivity contribution in [3.05, 3.63) is 65.9 Å². The molecular weight excluding hydrogens is 330 g/mol. The van der Waals surface area contributed by atoms with Gasteiger partial charge in [0, 0.05) is 29.2 Å². The van der Waals surface area contributed by atoms with Gasteiger partial charge < -0.3 is 14.0 Å². The molecule has 0 aliphatic heterocycles. The van der Waals surface area contributed by atoms with Crippen LogP contribution in [0.3, 0.4) is 0 Å². The van der Waals surface area contributed by atoms with Crippen LogP contribution in [-0.2, 0) is 11.3 Å². The number of ether oxygens (including phenoxy) is 2. The molecule has 0 amide bonds. The first-order valence-corrected chi connectivity index (χ1v) is 8.65. The number of nitrogens with zero attached hydrogens (tertiary/aromatic N) is 1. The lowest BCUT2D eigenvalue weighted by atomic mass is 10.1. The molecule has 26 heavy (non-hydrogen) atoms. The van der Waals surface area contributed by atoms with Crippen molar-refractivity contribution < 1.29 is 19.1 Å². The fourth-order valence-corrected chi connectivity index (χ4v) is 2.86. The predicted molar refractivity (Wildman–Crippen MR) is 99.8 cm³/mol. The van der Waals surface area contributed by atoms with E-state index in [1.54, 1.807) is 31.2 Å². The maximum atomic E-state index is 12.6. The summed E-state index contributed by atoms with van der Waals surface area (Å²) in [5.41, 5.74) is 2.15. The van der Waals surface area contributed by atoms with E-state index in [9.17, 15) is 9.59 Å². The average Bonchev–Trinajstić information content (AvgIpc) is 3.05. The number of ketones is 1. The largest absolute Gasteiger partial charge is 0.485 e. The van der Waals surface area contributed by atoms with Gasteiger partial charge in [0.25, 0.3) is 0 Å². The number of fused-ring (bicyclic) bond motifs is 1. The van der Waals surface area contributed by atoms with Crippen molar-refractivity contribution in [1.29, 1.82) is 0 Å². The van der Waals surface area contributed by atoms with Gasteiger partial charge in [0.15, 0.2) is 6.61 Å². The minimum absolute atomic E-state index is 0.0591. The first-order valence-electron chi connectivity index (χ1n) is 8.65. The topological polar surface area (TPSA) is 57.5 Å². The Hall–Kier alpha value is -3.08. The van der Waals surface area contributed by atoms with Gasteiger partial charge in [-0.3, -0.25) is 4.79 Å². The van der Waals surface area contributed by atoms with Gasteiger partial charge in [0.2, 0.25) is 5.78 Å². The molecule has 0 atom stereocenters. The monoisotopic (exact) mass is 351 g/mol. The lowest BCUT2D eigenvalue weighted by molar-refractivity contribution is 0.0526. The Morgan fingerprint density at radius 2 is 1.73 bits per heavy atom. The van der Waals surface area contributed by atoms with E-state index in [1.165, 1.54) is 0 Å². The molecule has 2 aromatic carbocycles. The smallest absolute Gasteiger partial charge is 0.338 e. The van der Waals surface area contributed by atoms with E-state index in [0.717, 1.165) is 17.4 Å². The van der Waals surface area contributed by atoms with E-state index in [1.807, 2.05) is 37.4 Å². The van der Waals surface area contributed by atoms with E-state index in [-0.39, 0.29) is 18.4 Å². The second-order valence-electron chi connectivity index (χ2n) is 5.80. The van der Waals surface area contributed by atoms with Crippen molar-refractivity contribution in [3.63, 3.8) is 0 Å². The van der Waals surface area contributed by atoms with Gasteiger partial charge in [0.05, 0.1) is 12.2 Å². The number of hydrogen-bond acceptors (Lipinski definition) is 4. The lowest BCUT2D eigenvalue weighted by Crippen LogP contribution is -2.11. The van der Waals surface area contributed by atoms with Crippen LogP contribution in [0.15, 0.2) is 54.7 Å². The van der Waals surface area contributed by atoms with Crippen LogP contribution in [0.4, 0.5) is 0 Å². The van der Waals surface area contributed by atoms with E-state index in [2.05, 4.69) is 4.57 Å².